The maximum Gasteiger partial charge on any atom is 0.251 e. The topological polar surface area (TPSA) is 219 Å². The molecule has 0 radical (unpaired) electrons. The van der Waals surface area contributed by atoms with E-state index in [4.69, 9.17) is 42.1 Å². The van der Waals surface area contributed by atoms with Gasteiger partial charge in [0.1, 0.15) is 36.1 Å². The number of nitrogens with zero attached hydrogens (tertiary/aromatic N) is 2. The van der Waals surface area contributed by atoms with Gasteiger partial charge in [-0.25, -0.2) is 13.8 Å². The Hall–Kier alpha value is -6.10. The Morgan fingerprint density at radius 3 is 2.24 bits per heavy atom. The number of amides is 5. The summed E-state index contributed by atoms with van der Waals surface area (Å²) in [6.45, 7) is 16.0. The second kappa shape index (κ2) is 28.2. The number of nitrogens with one attached hydrogen (secondary N) is 5. The standard InChI is InChI=1S/C61H75Cl2F2N7O10S/c1-35-53(83-34-68-35)37-15-13-36(14-16-37)31-67-56(76)46-29-40(73)32-72(46)58(78)54(60(5,6)7)71-49(74)33-82-26-25-81-24-23-80-22-21-66-55(75)38-17-20-45(47(27-38)79-9)69-57(77)52-50(41-11-10-12-43(63)51(41)65)61(8,48(70-52)30-59(2,3)4)42-19-18-39(62)28-44(42)64/h10-20,27-28,34,40,46,48,50,52,54,70,73H,21-26,29-33H2,1-9H3,(H,66,75)(H,67,76)(H,69,77)(H,71,74)/t40-,46+,48-,50-,52+,54-,61-/m1/s1. The molecule has 0 unspecified atom stereocenters. The van der Waals surface area contributed by atoms with Crippen molar-refractivity contribution in [2.45, 2.75) is 116 Å². The number of methoxy groups -OCH3 is 1. The number of likely N-dealkylation sites (tertiary alicyclic amines) is 1. The van der Waals surface area contributed by atoms with Gasteiger partial charge in [0.2, 0.25) is 23.6 Å². The van der Waals surface area contributed by atoms with E-state index >= 15 is 8.78 Å². The molecule has 448 valence electrons. The summed E-state index contributed by atoms with van der Waals surface area (Å²) in [6, 6.07) is 17.7. The lowest BCUT2D eigenvalue weighted by atomic mass is 9.63. The van der Waals surface area contributed by atoms with E-state index in [9.17, 15) is 29.1 Å². The zero-order valence-electron chi connectivity index (χ0n) is 48.3. The Morgan fingerprint density at radius 1 is 0.892 bits per heavy atom. The van der Waals surface area contributed by atoms with E-state index in [1.54, 1.807) is 61.9 Å². The summed E-state index contributed by atoms with van der Waals surface area (Å²) < 4.78 is 54.6. The lowest BCUT2D eigenvalue weighted by Crippen LogP contribution is -2.58. The van der Waals surface area contributed by atoms with Crippen LogP contribution in [0.4, 0.5) is 14.5 Å². The van der Waals surface area contributed by atoms with Crippen LogP contribution in [-0.2, 0) is 45.3 Å². The largest absolute Gasteiger partial charge is 0.495 e. The molecule has 83 heavy (non-hydrogen) atoms. The molecule has 5 amide bonds. The highest BCUT2D eigenvalue weighted by Crippen LogP contribution is 2.53. The van der Waals surface area contributed by atoms with Crippen LogP contribution in [0.5, 0.6) is 5.75 Å². The van der Waals surface area contributed by atoms with Gasteiger partial charge in [0.15, 0.2) is 0 Å². The molecule has 0 saturated carbocycles. The predicted octanol–water partition coefficient (Wildman–Crippen LogP) is 8.76. The Balaban J connectivity index is 0.830. The molecule has 5 aromatic rings. The maximum absolute atomic E-state index is 16.2. The van der Waals surface area contributed by atoms with Gasteiger partial charge in [0, 0.05) is 54.0 Å². The number of anilines is 1. The third-order valence-corrected chi connectivity index (χ3v) is 16.5. The molecule has 3 heterocycles. The van der Waals surface area contributed by atoms with E-state index in [0.29, 0.717) is 6.42 Å². The first-order chi connectivity index (χ1) is 39.3. The van der Waals surface area contributed by atoms with Crippen molar-refractivity contribution in [3.63, 3.8) is 0 Å². The number of benzene rings is 4. The fraction of sp³-hybridized carbons (Fsp3) is 0.475. The summed E-state index contributed by atoms with van der Waals surface area (Å²) in [5.74, 6) is -4.49. The first-order valence-corrected chi connectivity index (χ1v) is 29.1. The molecule has 17 nitrogen and oxygen atoms in total. The number of β-amino-alcohol motifs (C(OH)–C–C–N with tert-alkyl or cyclic N) is 1. The third-order valence-electron chi connectivity index (χ3n) is 15.0. The molecule has 0 aliphatic carbocycles. The number of thiazole rings is 1. The van der Waals surface area contributed by atoms with Crippen molar-refractivity contribution >= 4 is 69.8 Å². The number of rotatable bonds is 24. The van der Waals surface area contributed by atoms with E-state index in [-0.39, 0.29) is 109 Å². The van der Waals surface area contributed by atoms with Gasteiger partial charge in [0.25, 0.3) is 5.91 Å². The van der Waals surface area contributed by atoms with Crippen molar-refractivity contribution in [2.24, 2.45) is 10.8 Å². The first-order valence-electron chi connectivity index (χ1n) is 27.5. The van der Waals surface area contributed by atoms with Gasteiger partial charge in [-0.2, -0.15) is 0 Å². The van der Waals surface area contributed by atoms with Crippen LogP contribution in [0.3, 0.4) is 0 Å². The average molecular weight is 1210 g/mol. The molecule has 2 aliphatic rings. The predicted molar refractivity (Wildman–Crippen MR) is 316 cm³/mol. The summed E-state index contributed by atoms with van der Waals surface area (Å²) in [7, 11) is 1.40. The molecule has 7 rings (SSSR count). The zero-order chi connectivity index (χ0) is 60.4. The van der Waals surface area contributed by atoms with Crippen LogP contribution in [-0.4, -0.2) is 135 Å². The number of aliphatic hydroxyl groups excluding tert-OH is 1. The van der Waals surface area contributed by atoms with Crippen molar-refractivity contribution in [2.75, 3.05) is 65.2 Å². The van der Waals surface area contributed by atoms with Gasteiger partial charge in [-0.05, 0) is 82.8 Å². The average Bonchev–Trinajstić information content (AvgIpc) is 3.20. The van der Waals surface area contributed by atoms with E-state index in [2.05, 4.69) is 31.6 Å². The highest BCUT2D eigenvalue weighted by atomic mass is 35.5. The highest BCUT2D eigenvalue weighted by Gasteiger charge is 2.58. The Labute approximate surface area is 497 Å². The van der Waals surface area contributed by atoms with Crippen LogP contribution in [0.2, 0.25) is 10.0 Å². The lowest BCUT2D eigenvalue weighted by Gasteiger charge is -2.40. The molecular formula is C61H75Cl2F2N7O10S. The molecule has 6 N–H and O–H groups in total. The molecule has 1 aromatic heterocycles. The summed E-state index contributed by atoms with van der Waals surface area (Å²) in [5.41, 5.74) is 3.29. The quantitative estimate of drug-likeness (QED) is 0.0320. The second-order valence-electron chi connectivity index (χ2n) is 23.4. The van der Waals surface area contributed by atoms with Gasteiger partial charge < -0.3 is 55.5 Å². The smallest absolute Gasteiger partial charge is 0.251 e. The summed E-state index contributed by atoms with van der Waals surface area (Å²) in [4.78, 5) is 75.1. The second-order valence-corrected chi connectivity index (χ2v) is 25.1. The maximum atomic E-state index is 16.2. The van der Waals surface area contributed by atoms with Gasteiger partial charge in [0.05, 0.1) is 79.1 Å². The Bertz CT molecular complexity index is 3100. The van der Waals surface area contributed by atoms with Crippen LogP contribution >= 0.6 is 34.5 Å². The molecule has 7 atom stereocenters. The Kier molecular flexibility index (Phi) is 21.9. The van der Waals surface area contributed by atoms with Crippen molar-refractivity contribution in [3.8, 4) is 16.2 Å². The molecule has 2 aliphatic heterocycles. The third kappa shape index (κ3) is 16.2. The van der Waals surface area contributed by atoms with Gasteiger partial charge in [-0.15, -0.1) is 11.3 Å². The number of ether oxygens (including phenoxy) is 4. The van der Waals surface area contributed by atoms with Crippen molar-refractivity contribution in [3.05, 3.63) is 134 Å². The number of carbonyl (C=O) groups is 5. The van der Waals surface area contributed by atoms with Crippen LogP contribution in [0.15, 0.2) is 84.4 Å². The monoisotopic (exact) mass is 1210 g/mol. The molecule has 0 bridgehead atoms. The van der Waals surface area contributed by atoms with Crippen LogP contribution < -0.4 is 31.3 Å². The molecule has 0 spiro atoms. The minimum Gasteiger partial charge on any atom is -0.495 e. The number of hydrogen-bond donors (Lipinski definition) is 6. The number of aliphatic hydroxyl groups is 1. The number of aromatic nitrogens is 1. The molecule has 4 aromatic carbocycles. The molecular weight excluding hydrogens is 1130 g/mol. The molecule has 22 heteroatoms. The van der Waals surface area contributed by atoms with Crippen LogP contribution in [0.25, 0.3) is 10.4 Å². The number of halogens is 4. The lowest BCUT2D eigenvalue weighted by molar-refractivity contribution is -0.144. The Morgan fingerprint density at radius 2 is 1.59 bits per heavy atom. The molecule has 2 saturated heterocycles. The van der Waals surface area contributed by atoms with Gasteiger partial charge in [-0.3, -0.25) is 24.0 Å². The van der Waals surface area contributed by atoms with Crippen LogP contribution in [0, 0.1) is 29.4 Å². The fourth-order valence-corrected chi connectivity index (χ4v) is 11.9. The molecule has 2 fully saturated rings. The minimum absolute atomic E-state index is 0.0539. The first kappa shape index (κ1) is 64.5. The van der Waals surface area contributed by atoms with E-state index < -0.39 is 88.2 Å². The number of aryl methyl sites for hydroxylation is 1. The minimum atomic E-state index is -1.19. The van der Waals surface area contributed by atoms with E-state index in [0.717, 1.165) is 21.7 Å². The summed E-state index contributed by atoms with van der Waals surface area (Å²) >= 11 is 14.1. The van der Waals surface area contributed by atoms with Crippen molar-refractivity contribution in [1.82, 2.24) is 31.2 Å². The summed E-state index contributed by atoms with van der Waals surface area (Å²) in [6.07, 6.45) is -0.361. The fourth-order valence-electron chi connectivity index (χ4n) is 10.8. The van der Waals surface area contributed by atoms with Crippen LogP contribution in [0.1, 0.15) is 100.0 Å². The highest BCUT2D eigenvalue weighted by molar-refractivity contribution is 7.13. The summed E-state index contributed by atoms with van der Waals surface area (Å²) in [5, 5.41) is 25.5. The SMILES string of the molecule is COc1cc(C(=O)NCCOCCOCCOCC(=O)N[C@H](C(=O)N2C[C@H](O)C[C@H]2C(=O)NCc2ccc(-c3scnc3C)cc2)C(C)(C)C)ccc1NC(=O)[C@H]1N[C@H](CC(C)(C)C)[C@@](C)(c2ccc(Cl)cc2F)[C@@H]1c1cccc(Cl)c1F. The number of hydrogen-bond acceptors (Lipinski definition) is 13. The van der Waals surface area contributed by atoms with Gasteiger partial charge >= 0.3 is 0 Å². The van der Waals surface area contributed by atoms with Gasteiger partial charge in [-0.1, -0.05) is 114 Å². The van der Waals surface area contributed by atoms with E-state index in [1.807, 2.05) is 58.9 Å². The zero-order valence-corrected chi connectivity index (χ0v) is 50.6. The van der Waals surface area contributed by atoms with E-state index in [1.165, 1.54) is 42.3 Å². The van der Waals surface area contributed by atoms with Crippen molar-refractivity contribution in [1.29, 1.82) is 0 Å². The normalized spacial score (nSPS) is 20.2. The number of carbonyl (C=O) groups excluding carboxylic acids is 5. The van der Waals surface area contributed by atoms with Crippen molar-refractivity contribution < 1.29 is 56.8 Å².